The van der Waals surface area contributed by atoms with Crippen LogP contribution in [0.15, 0.2) is 23.1 Å². The van der Waals surface area contributed by atoms with Gasteiger partial charge in [-0.05, 0) is 44.5 Å². The van der Waals surface area contributed by atoms with E-state index in [4.69, 9.17) is 0 Å². The van der Waals surface area contributed by atoms with Gasteiger partial charge < -0.3 is 5.32 Å². The molecule has 0 unspecified atom stereocenters. The van der Waals surface area contributed by atoms with E-state index in [-0.39, 0.29) is 0 Å². The normalized spacial score (nSPS) is 18.2. The van der Waals surface area contributed by atoms with Crippen LogP contribution < -0.4 is 10.0 Å². The molecule has 4 nitrogen and oxygen atoms in total. The lowest BCUT2D eigenvalue weighted by molar-refractivity contribution is 0.454. The first-order valence-corrected chi connectivity index (χ1v) is 7.28. The molecule has 0 bridgehead atoms. The molecule has 2 N–H and O–H groups in total. The first-order valence-electron chi connectivity index (χ1n) is 5.80. The largest absolute Gasteiger partial charge is 0.317 e. The summed E-state index contributed by atoms with van der Waals surface area (Å²) >= 11 is 0. The lowest BCUT2D eigenvalue weighted by atomic mass is 9.90. The molecule has 1 aromatic rings. The van der Waals surface area contributed by atoms with E-state index in [2.05, 4.69) is 16.1 Å². The molecule has 5 heteroatoms. The number of benzene rings is 1. The van der Waals surface area contributed by atoms with E-state index in [1.54, 1.807) is 6.07 Å². The summed E-state index contributed by atoms with van der Waals surface area (Å²) in [4.78, 5) is 0.300. The maximum absolute atomic E-state index is 11.9. The average Bonchev–Trinajstić information content (AvgIpc) is 2.40. The van der Waals surface area contributed by atoms with Crippen molar-refractivity contribution >= 4 is 10.0 Å². The van der Waals surface area contributed by atoms with E-state index in [9.17, 15) is 8.42 Å². The molecule has 17 heavy (non-hydrogen) atoms. The van der Waals surface area contributed by atoms with E-state index in [1.807, 2.05) is 12.1 Å². The van der Waals surface area contributed by atoms with E-state index in [1.165, 1.54) is 7.05 Å². The van der Waals surface area contributed by atoms with Crippen molar-refractivity contribution in [3.63, 3.8) is 0 Å². The standard InChI is InChI=1S/C12H17N2O2S/c1-13-17(15,16)12-5-3-2-4-11(12)10-6-8-14-9-7-10/h2-4,10,13-14H,6-9H2,1H3. The van der Waals surface area contributed by atoms with Gasteiger partial charge in [0.25, 0.3) is 0 Å². The van der Waals surface area contributed by atoms with Crippen LogP contribution in [0.2, 0.25) is 0 Å². The van der Waals surface area contributed by atoms with Crippen molar-refractivity contribution in [3.05, 3.63) is 29.8 Å². The Morgan fingerprint density at radius 1 is 1.41 bits per heavy atom. The van der Waals surface area contributed by atoms with Crippen molar-refractivity contribution in [1.82, 2.24) is 10.0 Å². The highest BCUT2D eigenvalue weighted by molar-refractivity contribution is 7.89. The van der Waals surface area contributed by atoms with E-state index in [0.717, 1.165) is 31.5 Å². The van der Waals surface area contributed by atoms with Crippen molar-refractivity contribution in [2.75, 3.05) is 20.1 Å². The Hall–Kier alpha value is -0.910. The molecule has 1 heterocycles. The molecule has 0 spiro atoms. The summed E-state index contributed by atoms with van der Waals surface area (Å²) in [7, 11) is -1.97. The van der Waals surface area contributed by atoms with Gasteiger partial charge in [0.2, 0.25) is 10.0 Å². The molecule has 1 fully saturated rings. The Kier molecular flexibility index (Phi) is 3.81. The van der Waals surface area contributed by atoms with Crippen LogP contribution in [0.3, 0.4) is 0 Å². The second-order valence-electron chi connectivity index (χ2n) is 4.19. The molecule has 0 saturated carbocycles. The minimum atomic E-state index is -3.40. The van der Waals surface area contributed by atoms with Crippen molar-refractivity contribution in [1.29, 1.82) is 0 Å². The fraction of sp³-hybridized carbons (Fsp3) is 0.500. The first-order chi connectivity index (χ1) is 8.15. The van der Waals surface area contributed by atoms with E-state index >= 15 is 0 Å². The van der Waals surface area contributed by atoms with Crippen LogP contribution in [0.1, 0.15) is 24.3 Å². The van der Waals surface area contributed by atoms with E-state index < -0.39 is 10.0 Å². The zero-order valence-electron chi connectivity index (χ0n) is 9.86. The third-order valence-corrected chi connectivity index (χ3v) is 4.59. The number of sulfonamides is 1. The lowest BCUT2D eigenvalue weighted by Gasteiger charge is -2.24. The highest BCUT2D eigenvalue weighted by Crippen LogP contribution is 2.29. The summed E-state index contributed by atoms with van der Waals surface area (Å²) in [5, 5.41) is 3.28. The quantitative estimate of drug-likeness (QED) is 0.840. The highest BCUT2D eigenvalue weighted by atomic mass is 32.2. The molecule has 1 aromatic carbocycles. The Bertz CT molecular complexity index is 479. The van der Waals surface area contributed by atoms with Crippen LogP contribution in [0, 0.1) is 6.07 Å². The van der Waals surface area contributed by atoms with Gasteiger partial charge in [0.15, 0.2) is 0 Å². The maximum Gasteiger partial charge on any atom is 0.241 e. The van der Waals surface area contributed by atoms with Crippen molar-refractivity contribution in [2.24, 2.45) is 0 Å². The number of hydrogen-bond donors (Lipinski definition) is 2. The Morgan fingerprint density at radius 3 is 2.76 bits per heavy atom. The summed E-state index contributed by atoms with van der Waals surface area (Å²) in [6.45, 7) is 1.89. The smallest absolute Gasteiger partial charge is 0.241 e. The van der Waals surface area contributed by atoms with Crippen LogP contribution in [0.25, 0.3) is 0 Å². The molecular formula is C12H17N2O2S. The summed E-state index contributed by atoms with van der Waals surface area (Å²) in [6, 6.07) is 8.25. The molecule has 1 radical (unpaired) electrons. The summed E-state index contributed by atoms with van der Waals surface area (Å²) < 4.78 is 26.2. The molecule has 93 valence electrons. The van der Waals surface area contributed by atoms with Gasteiger partial charge in [-0.2, -0.15) is 0 Å². The van der Waals surface area contributed by atoms with Gasteiger partial charge in [-0.3, -0.25) is 0 Å². The Balaban J connectivity index is 2.40. The SMILES string of the molecule is CNS(=O)(=O)c1[c]cccc1C1CCNCC1. The highest BCUT2D eigenvalue weighted by Gasteiger charge is 2.23. The lowest BCUT2D eigenvalue weighted by Crippen LogP contribution is -2.28. The molecule has 0 atom stereocenters. The van der Waals surface area contributed by atoms with Gasteiger partial charge in [0.05, 0.1) is 4.90 Å². The molecule has 0 aliphatic carbocycles. The molecule has 0 aromatic heterocycles. The van der Waals surface area contributed by atoms with Gasteiger partial charge in [-0.1, -0.05) is 18.2 Å². The van der Waals surface area contributed by atoms with Crippen LogP contribution in [0.5, 0.6) is 0 Å². The van der Waals surface area contributed by atoms with Crippen molar-refractivity contribution in [2.45, 2.75) is 23.7 Å². The first kappa shape index (κ1) is 12.5. The van der Waals surface area contributed by atoms with Gasteiger partial charge in [-0.25, -0.2) is 13.1 Å². The maximum atomic E-state index is 11.9. The third-order valence-electron chi connectivity index (χ3n) is 3.17. The third kappa shape index (κ3) is 2.68. The number of rotatable bonds is 3. The number of nitrogens with one attached hydrogen (secondary N) is 2. The van der Waals surface area contributed by atoms with E-state index in [0.29, 0.717) is 10.8 Å². The summed E-state index contributed by atoms with van der Waals surface area (Å²) in [5.41, 5.74) is 0.892. The fourth-order valence-electron chi connectivity index (χ4n) is 2.22. The van der Waals surface area contributed by atoms with Gasteiger partial charge >= 0.3 is 0 Å². The fourth-order valence-corrected chi connectivity index (χ4v) is 3.20. The Morgan fingerprint density at radius 2 is 2.12 bits per heavy atom. The predicted octanol–water partition coefficient (Wildman–Crippen LogP) is 0.862. The van der Waals surface area contributed by atoms with Gasteiger partial charge in [0.1, 0.15) is 0 Å². The molecular weight excluding hydrogens is 236 g/mol. The van der Waals surface area contributed by atoms with Crippen LogP contribution >= 0.6 is 0 Å². The topological polar surface area (TPSA) is 58.2 Å². The number of piperidine rings is 1. The zero-order chi connectivity index (χ0) is 12.3. The van der Waals surface area contributed by atoms with Crippen molar-refractivity contribution < 1.29 is 8.42 Å². The molecule has 0 amide bonds. The minimum absolute atomic E-state index is 0.300. The predicted molar refractivity (Wildman–Crippen MR) is 66.4 cm³/mol. The zero-order valence-corrected chi connectivity index (χ0v) is 10.7. The Labute approximate surface area is 102 Å². The number of hydrogen-bond acceptors (Lipinski definition) is 3. The average molecular weight is 253 g/mol. The van der Waals surface area contributed by atoms with Crippen LogP contribution in [-0.2, 0) is 10.0 Å². The van der Waals surface area contributed by atoms with Gasteiger partial charge in [-0.15, -0.1) is 0 Å². The van der Waals surface area contributed by atoms with Crippen LogP contribution in [0.4, 0.5) is 0 Å². The molecule has 1 aliphatic rings. The van der Waals surface area contributed by atoms with Crippen molar-refractivity contribution in [3.8, 4) is 0 Å². The van der Waals surface area contributed by atoms with Crippen LogP contribution in [-0.4, -0.2) is 28.6 Å². The molecule has 1 saturated heterocycles. The van der Waals surface area contributed by atoms with Gasteiger partial charge in [0, 0.05) is 6.07 Å². The summed E-state index contributed by atoms with van der Waals surface area (Å²) in [5.74, 6) is 0.312. The second-order valence-corrected chi connectivity index (χ2v) is 6.01. The molecule has 1 aliphatic heterocycles. The minimum Gasteiger partial charge on any atom is -0.317 e. The second kappa shape index (κ2) is 5.16. The summed E-state index contributed by atoms with van der Waals surface area (Å²) in [6.07, 6.45) is 1.95. The molecule has 2 rings (SSSR count). The monoisotopic (exact) mass is 253 g/mol.